The number of carbonyl (C=O) groups excluding carboxylic acids is 2. The molecule has 0 saturated carbocycles. The molecule has 0 saturated heterocycles. The van der Waals surface area contributed by atoms with E-state index >= 15 is 0 Å². The van der Waals surface area contributed by atoms with E-state index in [9.17, 15) is 9.59 Å². The quantitative estimate of drug-likeness (QED) is 0.397. The van der Waals surface area contributed by atoms with E-state index in [1.807, 2.05) is 91.0 Å². The van der Waals surface area contributed by atoms with E-state index in [0.717, 1.165) is 15.9 Å². The molecule has 0 aliphatic heterocycles. The average Bonchev–Trinajstić information content (AvgIpc) is 2.75. The minimum atomic E-state index is -3.85. The topological polar surface area (TPSA) is 52.6 Å². The molecule has 0 amide bonds. The summed E-state index contributed by atoms with van der Waals surface area (Å²) in [7, 11) is 0. The van der Waals surface area contributed by atoms with Gasteiger partial charge in [-0.3, -0.25) is 0 Å². The van der Waals surface area contributed by atoms with Crippen molar-refractivity contribution in [1.29, 1.82) is 0 Å². The first-order chi connectivity index (χ1) is 13.9. The third-order valence-electron chi connectivity index (χ3n) is 4.59. The molecule has 3 aromatic carbocycles. The number of ether oxygens (including phenoxy) is 1. The molecule has 0 aromatic heterocycles. The van der Waals surface area contributed by atoms with Gasteiger partial charge in [0.2, 0.25) is 0 Å². The number of halogens is 1. The summed E-state index contributed by atoms with van der Waals surface area (Å²) in [4.78, 5) is 24.5. The molecule has 6 heteroatoms. The Kier molecular flexibility index (Phi) is 6.21. The Hall–Kier alpha value is -2.49. The molecule has 0 bridgehead atoms. The fourth-order valence-electron chi connectivity index (χ4n) is 3.23. The van der Waals surface area contributed by atoms with Crippen LogP contribution < -0.4 is 15.9 Å². The van der Waals surface area contributed by atoms with Gasteiger partial charge in [-0.1, -0.05) is 0 Å². The second kappa shape index (κ2) is 8.48. The molecule has 1 unspecified atom stereocenters. The number of benzene rings is 3. The minimum absolute atomic E-state index is 0.538. The van der Waals surface area contributed by atoms with Crippen LogP contribution in [-0.2, 0) is 18.8 Å². The predicted octanol–water partition coefficient (Wildman–Crippen LogP) is 4.24. The van der Waals surface area contributed by atoms with E-state index in [1.54, 1.807) is 0 Å². The second-order valence-electron chi connectivity index (χ2n) is 6.60. The summed E-state index contributed by atoms with van der Waals surface area (Å²) < 4.78 is 11.5. The summed E-state index contributed by atoms with van der Waals surface area (Å²) in [5.74, 6) is -1.16. The Morgan fingerprint density at radius 2 is 1.10 bits per heavy atom. The zero-order valence-electron chi connectivity index (χ0n) is 16.2. The van der Waals surface area contributed by atoms with Crippen LogP contribution >= 0.6 is 21.0 Å². The monoisotopic (exact) mass is 472 g/mol. The van der Waals surface area contributed by atoms with Gasteiger partial charge in [0.15, 0.2) is 0 Å². The van der Waals surface area contributed by atoms with E-state index in [-0.39, 0.29) is 0 Å². The van der Waals surface area contributed by atoms with Gasteiger partial charge in [-0.25, -0.2) is 0 Å². The Morgan fingerprint density at radius 1 is 0.759 bits per heavy atom. The first kappa shape index (κ1) is 21.2. The van der Waals surface area contributed by atoms with Crippen LogP contribution in [0.15, 0.2) is 91.0 Å². The molecule has 150 valence electrons. The van der Waals surface area contributed by atoms with Crippen LogP contribution in [0.1, 0.15) is 13.8 Å². The summed E-state index contributed by atoms with van der Waals surface area (Å²) >= 11 is 4.00. The molecule has 4 nitrogen and oxygen atoms in total. The maximum atomic E-state index is 13.1. The van der Waals surface area contributed by atoms with Crippen molar-refractivity contribution in [3.63, 3.8) is 0 Å². The molecule has 0 aliphatic carbocycles. The van der Waals surface area contributed by atoms with Gasteiger partial charge < -0.3 is 0 Å². The van der Waals surface area contributed by atoms with Gasteiger partial charge in [-0.15, -0.1) is 0 Å². The predicted molar refractivity (Wildman–Crippen MR) is 121 cm³/mol. The fraction of sp³-hybridized carbons (Fsp3) is 0.130. The maximum absolute atomic E-state index is 13.1. The van der Waals surface area contributed by atoms with Crippen LogP contribution in [0.3, 0.4) is 0 Å². The Balaban J connectivity index is 2.30. The molecule has 0 radical (unpaired) electrons. The number of hydrogen-bond donors (Lipinski definition) is 0. The van der Waals surface area contributed by atoms with Crippen LogP contribution in [0.25, 0.3) is 0 Å². The molecule has 29 heavy (non-hydrogen) atoms. The third-order valence-corrected chi connectivity index (χ3v) is 12.9. The van der Waals surface area contributed by atoms with E-state index in [2.05, 4.69) is 15.5 Å². The van der Waals surface area contributed by atoms with Gasteiger partial charge in [0, 0.05) is 0 Å². The summed E-state index contributed by atoms with van der Waals surface area (Å²) in [6.07, 6.45) is -1.04. The molecule has 0 heterocycles. The molecule has 3 aromatic rings. The number of hydrogen-bond acceptors (Lipinski definition) is 4. The van der Waals surface area contributed by atoms with Gasteiger partial charge in [0.1, 0.15) is 0 Å². The van der Waals surface area contributed by atoms with Crippen LogP contribution in [-0.4, -0.2) is 18.0 Å². The number of rotatable bonds is 6. The summed E-state index contributed by atoms with van der Waals surface area (Å²) in [6, 6.07) is 28.8. The molecular formula is C23H22BrO4P. The van der Waals surface area contributed by atoms with Crippen molar-refractivity contribution in [2.45, 2.75) is 20.0 Å². The van der Waals surface area contributed by atoms with Crippen molar-refractivity contribution >= 4 is 48.9 Å². The Bertz CT molecular complexity index is 894. The molecular weight excluding hydrogens is 451 g/mol. The van der Waals surface area contributed by atoms with Crippen molar-refractivity contribution in [3.8, 4) is 0 Å². The number of esters is 1. The zero-order chi connectivity index (χ0) is 20.9. The third kappa shape index (κ3) is 3.98. The summed E-state index contributed by atoms with van der Waals surface area (Å²) in [5, 5.41) is 2.50. The Morgan fingerprint density at radius 3 is 1.41 bits per heavy atom. The van der Waals surface area contributed by atoms with Crippen molar-refractivity contribution in [3.05, 3.63) is 91.0 Å². The fourth-order valence-corrected chi connectivity index (χ4v) is 9.60. The van der Waals surface area contributed by atoms with Gasteiger partial charge >= 0.3 is 179 Å². The van der Waals surface area contributed by atoms with Crippen LogP contribution in [0.2, 0.25) is 0 Å². The normalized spacial score (nSPS) is 13.6. The van der Waals surface area contributed by atoms with Gasteiger partial charge in [-0.2, -0.15) is 0 Å². The first-order valence-corrected chi connectivity index (χ1v) is 13.3. The standard InChI is InChI=1S/C23H22BrO4P/c1-18(27-19(2)25)23(26)28-29(24,20-12-6-3-7-13-20,21-14-8-4-9-15-21)22-16-10-5-11-17-22/h3-18H,1-2H3. The molecule has 3 rings (SSSR count). The van der Waals surface area contributed by atoms with Crippen LogP contribution in [0.5, 0.6) is 0 Å². The van der Waals surface area contributed by atoms with E-state index in [0.29, 0.717) is 0 Å². The van der Waals surface area contributed by atoms with Crippen molar-refractivity contribution in [1.82, 2.24) is 0 Å². The zero-order valence-corrected chi connectivity index (χ0v) is 18.7. The van der Waals surface area contributed by atoms with Gasteiger partial charge in [0.25, 0.3) is 0 Å². The molecule has 0 spiro atoms. The van der Waals surface area contributed by atoms with E-state index in [1.165, 1.54) is 13.8 Å². The average molecular weight is 473 g/mol. The summed E-state index contributed by atoms with van der Waals surface area (Å²) in [5.41, 5.74) is -3.85. The van der Waals surface area contributed by atoms with Crippen molar-refractivity contribution in [2.75, 3.05) is 0 Å². The van der Waals surface area contributed by atoms with Crippen LogP contribution in [0.4, 0.5) is 0 Å². The SMILES string of the molecule is CC(=O)OC(C)C(=O)OP(Br)(c1ccccc1)(c1ccccc1)c1ccccc1. The van der Waals surface area contributed by atoms with E-state index < -0.39 is 23.6 Å². The van der Waals surface area contributed by atoms with Gasteiger partial charge in [0.05, 0.1) is 0 Å². The van der Waals surface area contributed by atoms with Gasteiger partial charge in [-0.05, 0) is 0 Å². The summed E-state index contributed by atoms with van der Waals surface area (Å²) in [6.45, 7) is 2.78. The molecule has 0 fully saturated rings. The first-order valence-electron chi connectivity index (χ1n) is 9.17. The van der Waals surface area contributed by atoms with E-state index in [4.69, 9.17) is 9.26 Å². The molecule has 0 N–H and O–H groups in total. The number of carbonyl (C=O) groups is 2. The van der Waals surface area contributed by atoms with Crippen molar-refractivity contribution < 1.29 is 18.8 Å². The second-order valence-corrected chi connectivity index (χ2v) is 14.3. The van der Waals surface area contributed by atoms with Crippen molar-refractivity contribution in [2.24, 2.45) is 0 Å². The molecule has 0 aliphatic rings. The molecule has 1 atom stereocenters. The Labute approximate surface area is 178 Å². The van der Waals surface area contributed by atoms with Crippen LogP contribution in [0, 0.1) is 0 Å².